The van der Waals surface area contributed by atoms with Crippen molar-refractivity contribution in [1.82, 2.24) is 20.1 Å². The number of aryl methyl sites for hydroxylation is 1. The third-order valence-electron chi connectivity index (χ3n) is 6.73. The Hall–Kier alpha value is -2.89. The van der Waals surface area contributed by atoms with Crippen molar-refractivity contribution in [2.24, 2.45) is 5.92 Å². The predicted molar refractivity (Wildman–Crippen MR) is 146 cm³/mol. The van der Waals surface area contributed by atoms with E-state index in [9.17, 15) is 37.0 Å². The number of hydrogen-bond donors (Lipinski definition) is 4. The molecule has 4 N–H and O–H groups in total. The number of aliphatic hydroxyl groups is 2. The number of carbonyl (C=O) groups excluding carboxylic acids is 1. The quantitative estimate of drug-likeness (QED) is 0.272. The van der Waals surface area contributed by atoms with Gasteiger partial charge in [0.05, 0.1) is 28.8 Å². The maximum Gasteiger partial charge on any atom is 0.391 e. The van der Waals surface area contributed by atoms with Crippen molar-refractivity contribution in [1.29, 1.82) is 0 Å². The first-order valence-electron chi connectivity index (χ1n) is 13.0. The molecule has 0 spiro atoms. The lowest BCUT2D eigenvalue weighted by Gasteiger charge is -2.39. The number of carbonyl (C=O) groups is 1. The minimum absolute atomic E-state index is 0.0174. The standard InChI is InChI=1S/C25H33ClF5N5O4.O2S/c1-5-36-20(18(26)19(35-36)21(38)33-12-24(39)7-6-13(2)8-16(24)37)14-10-32-17(9-15(14)40-22(27)28)34-23(3,4)11-25(29,30)31;1-3-2/h9-10,13,16,22,37,39H,5-8,11-12H2,1-4H3,(H,32,34)(H,33,38);/t13-,16-,24-;/m1./s1. The molecule has 2 aromatic rings. The van der Waals surface area contributed by atoms with Gasteiger partial charge >= 0.3 is 24.4 Å². The molecule has 2 aromatic heterocycles. The highest BCUT2D eigenvalue weighted by Gasteiger charge is 2.41. The van der Waals surface area contributed by atoms with E-state index in [0.717, 1.165) is 12.3 Å². The molecule has 3 atom stereocenters. The smallest absolute Gasteiger partial charge is 0.391 e. The topological polar surface area (TPSA) is 156 Å². The van der Waals surface area contributed by atoms with Crippen LogP contribution >= 0.6 is 11.6 Å². The molecule has 18 heteroatoms. The lowest BCUT2D eigenvalue weighted by Crippen LogP contribution is -2.54. The Bertz CT molecular complexity index is 1310. The Kier molecular flexibility index (Phi) is 12.4. The molecule has 0 unspecified atom stereocenters. The number of amides is 1. The summed E-state index contributed by atoms with van der Waals surface area (Å²) >= 11 is 5.75. The first-order chi connectivity index (χ1) is 19.9. The van der Waals surface area contributed by atoms with Crippen LogP contribution in [0.1, 0.15) is 63.9 Å². The van der Waals surface area contributed by atoms with Gasteiger partial charge < -0.3 is 25.6 Å². The molecule has 242 valence electrons. The summed E-state index contributed by atoms with van der Waals surface area (Å²) in [6.45, 7) is 2.76. The van der Waals surface area contributed by atoms with E-state index < -0.39 is 59.7 Å². The van der Waals surface area contributed by atoms with E-state index in [1.54, 1.807) is 6.92 Å². The van der Waals surface area contributed by atoms with Crippen LogP contribution in [0.15, 0.2) is 12.3 Å². The van der Waals surface area contributed by atoms with Crippen LogP contribution in [0, 0.1) is 5.92 Å². The van der Waals surface area contributed by atoms with E-state index >= 15 is 0 Å². The molecule has 0 radical (unpaired) electrons. The Morgan fingerprint density at radius 3 is 2.49 bits per heavy atom. The van der Waals surface area contributed by atoms with Gasteiger partial charge in [-0.25, -0.2) is 4.98 Å². The summed E-state index contributed by atoms with van der Waals surface area (Å²) in [6, 6.07) is 1.02. The SMILES string of the molecule is CCn1nc(C(=O)NC[C@]2(O)CC[C@@H](C)C[C@H]2O)c(Cl)c1-c1cnc(NC(C)(C)CC(F)(F)F)cc1OC(F)F.O=S=O. The van der Waals surface area contributed by atoms with Crippen molar-refractivity contribution in [3.63, 3.8) is 0 Å². The summed E-state index contributed by atoms with van der Waals surface area (Å²) in [5, 5.41) is 30.2. The maximum absolute atomic E-state index is 13.3. The minimum atomic E-state index is -4.49. The van der Waals surface area contributed by atoms with Gasteiger partial charge in [0.1, 0.15) is 17.2 Å². The van der Waals surface area contributed by atoms with Crippen LogP contribution in [0.5, 0.6) is 5.75 Å². The number of aliphatic hydroxyl groups excluding tert-OH is 1. The fraction of sp³-hybridized carbons (Fsp3) is 0.640. The minimum Gasteiger partial charge on any atom is -0.434 e. The van der Waals surface area contributed by atoms with E-state index in [-0.39, 0.29) is 53.2 Å². The zero-order valence-corrected chi connectivity index (χ0v) is 25.2. The van der Waals surface area contributed by atoms with Crippen LogP contribution in [0.2, 0.25) is 5.02 Å². The van der Waals surface area contributed by atoms with Gasteiger partial charge in [0.2, 0.25) is 0 Å². The molecule has 1 saturated carbocycles. The van der Waals surface area contributed by atoms with E-state index in [2.05, 4.69) is 25.5 Å². The summed E-state index contributed by atoms with van der Waals surface area (Å²) in [5.41, 5.74) is -3.37. The number of nitrogens with one attached hydrogen (secondary N) is 2. The molecule has 1 fully saturated rings. The third kappa shape index (κ3) is 10.1. The monoisotopic (exact) mass is 661 g/mol. The highest BCUT2D eigenvalue weighted by molar-refractivity contribution is 7.51. The van der Waals surface area contributed by atoms with Gasteiger partial charge in [0.25, 0.3) is 5.91 Å². The molecular weight excluding hydrogens is 629 g/mol. The Morgan fingerprint density at radius 1 is 1.33 bits per heavy atom. The van der Waals surface area contributed by atoms with Gasteiger partial charge in [-0.15, -0.1) is 0 Å². The number of alkyl halides is 5. The van der Waals surface area contributed by atoms with Crippen LogP contribution in [-0.2, 0) is 18.1 Å². The van der Waals surface area contributed by atoms with Gasteiger partial charge in [-0.3, -0.25) is 9.48 Å². The fourth-order valence-corrected chi connectivity index (χ4v) is 5.07. The summed E-state index contributed by atoms with van der Waals surface area (Å²) in [6.07, 6.45) is -4.34. The third-order valence-corrected chi connectivity index (χ3v) is 7.08. The Balaban J connectivity index is 0.00000206. The summed E-state index contributed by atoms with van der Waals surface area (Å²) in [4.78, 5) is 17.1. The highest BCUT2D eigenvalue weighted by atomic mass is 35.5. The molecule has 43 heavy (non-hydrogen) atoms. The average molecular weight is 662 g/mol. The molecule has 1 amide bonds. The predicted octanol–water partition coefficient (Wildman–Crippen LogP) is 4.33. The number of pyridine rings is 1. The van der Waals surface area contributed by atoms with Crippen molar-refractivity contribution in [3.05, 3.63) is 23.0 Å². The van der Waals surface area contributed by atoms with E-state index in [1.807, 2.05) is 6.92 Å². The van der Waals surface area contributed by atoms with Crippen LogP contribution in [0.25, 0.3) is 11.3 Å². The number of halogens is 6. The molecule has 0 saturated heterocycles. The van der Waals surface area contributed by atoms with Crippen molar-refractivity contribution in [2.45, 2.75) is 90.0 Å². The number of aromatic nitrogens is 3. The zero-order valence-electron chi connectivity index (χ0n) is 23.7. The number of anilines is 1. The maximum atomic E-state index is 13.3. The van der Waals surface area contributed by atoms with Crippen LogP contribution in [-0.4, -0.2) is 75.9 Å². The average Bonchev–Trinajstić information content (AvgIpc) is 3.20. The molecule has 0 bridgehead atoms. The second kappa shape index (κ2) is 14.7. The van der Waals surface area contributed by atoms with Crippen molar-refractivity contribution in [3.8, 4) is 17.0 Å². The first-order valence-corrected chi connectivity index (χ1v) is 14.1. The Labute approximate surface area is 252 Å². The van der Waals surface area contributed by atoms with E-state index in [1.165, 1.54) is 18.5 Å². The molecule has 11 nitrogen and oxygen atoms in total. The lowest BCUT2D eigenvalue weighted by atomic mass is 9.77. The normalized spacial score (nSPS) is 20.7. The summed E-state index contributed by atoms with van der Waals surface area (Å²) in [5.74, 6) is -1.15. The molecule has 1 aliphatic carbocycles. The number of nitrogens with zero attached hydrogens (tertiary/aromatic N) is 3. The first kappa shape index (κ1) is 36.3. The molecule has 0 aliphatic heterocycles. The fourth-order valence-electron chi connectivity index (χ4n) is 4.74. The van der Waals surface area contributed by atoms with E-state index in [4.69, 9.17) is 20.0 Å². The summed E-state index contributed by atoms with van der Waals surface area (Å²) in [7, 11) is 0. The summed E-state index contributed by atoms with van der Waals surface area (Å²) < 4.78 is 87.9. The second-order valence-corrected chi connectivity index (χ2v) is 11.3. The van der Waals surface area contributed by atoms with Gasteiger partial charge in [-0.1, -0.05) is 18.5 Å². The van der Waals surface area contributed by atoms with Crippen molar-refractivity contribution < 1.29 is 50.1 Å². The number of ether oxygens (including phenoxy) is 1. The van der Waals surface area contributed by atoms with Gasteiger partial charge in [0, 0.05) is 30.9 Å². The van der Waals surface area contributed by atoms with Gasteiger partial charge in [-0.05, 0) is 46.0 Å². The largest absolute Gasteiger partial charge is 0.434 e. The van der Waals surface area contributed by atoms with E-state index in [0.29, 0.717) is 12.8 Å². The zero-order chi connectivity index (χ0) is 32.8. The van der Waals surface area contributed by atoms with Crippen LogP contribution in [0.4, 0.5) is 27.8 Å². The molecule has 0 aromatic carbocycles. The lowest BCUT2D eigenvalue weighted by molar-refractivity contribution is -0.142. The number of rotatable bonds is 10. The molecule has 1 aliphatic rings. The van der Waals surface area contributed by atoms with Gasteiger partial charge in [-0.2, -0.15) is 35.5 Å². The van der Waals surface area contributed by atoms with Crippen LogP contribution < -0.4 is 15.4 Å². The van der Waals surface area contributed by atoms with Gasteiger partial charge in [0.15, 0.2) is 5.69 Å². The molecular formula is C25H33ClF5N5O6S. The van der Waals surface area contributed by atoms with Crippen molar-refractivity contribution in [2.75, 3.05) is 11.9 Å². The highest BCUT2D eigenvalue weighted by Crippen LogP contribution is 2.39. The second-order valence-electron chi connectivity index (χ2n) is 10.8. The van der Waals surface area contributed by atoms with Crippen molar-refractivity contribution >= 4 is 34.9 Å². The van der Waals surface area contributed by atoms with Crippen LogP contribution in [0.3, 0.4) is 0 Å². The molecule has 3 rings (SSSR count). The Morgan fingerprint density at radius 2 is 1.95 bits per heavy atom. The number of hydrogen-bond acceptors (Lipinski definition) is 9. The molecule has 2 heterocycles.